The number of nitrogens with zero attached hydrogens (tertiary/aromatic N) is 2. The molecule has 1 unspecified atom stereocenters. The summed E-state index contributed by atoms with van der Waals surface area (Å²) in [6.07, 6.45) is -3.91. The number of halogens is 4. The van der Waals surface area contributed by atoms with E-state index in [1.807, 2.05) is 20.8 Å². The molecule has 2 atom stereocenters. The topological polar surface area (TPSA) is 73.9 Å². The molecule has 0 saturated carbocycles. The van der Waals surface area contributed by atoms with Gasteiger partial charge >= 0.3 is 12.2 Å². The van der Waals surface area contributed by atoms with E-state index in [1.54, 1.807) is 13.8 Å². The van der Waals surface area contributed by atoms with Crippen molar-refractivity contribution in [3.05, 3.63) is 53.3 Å². The zero-order valence-electron chi connectivity index (χ0n) is 20.7. The second-order valence-corrected chi connectivity index (χ2v) is 8.97. The van der Waals surface area contributed by atoms with E-state index in [-0.39, 0.29) is 34.8 Å². The fourth-order valence-electron chi connectivity index (χ4n) is 4.07. The number of nitrogens with one attached hydrogen (secondary N) is 2. The van der Waals surface area contributed by atoms with Gasteiger partial charge in [-0.05, 0) is 58.4 Å². The van der Waals surface area contributed by atoms with E-state index in [9.17, 15) is 22.8 Å². The number of hydrogen-bond acceptors (Lipinski definition) is 4. The molecular formula is C25H30F4N4O3. The van der Waals surface area contributed by atoms with Crippen molar-refractivity contribution >= 4 is 23.3 Å². The second kappa shape index (κ2) is 10.7. The smallest absolute Gasteiger partial charge is 0.416 e. The summed E-state index contributed by atoms with van der Waals surface area (Å²) in [5.41, 5.74) is 1.53. The normalized spacial score (nSPS) is 17.1. The SMILES string of the molecule is CCC[C@H](C)Oc1cc(N2NC(C)N(C(C)C)C2=O)c(F)cc1C(=O)Nc1cccc(C(F)(F)F)c1. The summed E-state index contributed by atoms with van der Waals surface area (Å²) in [5.74, 6) is -1.73. The molecule has 1 aliphatic heterocycles. The number of ether oxygens (including phenoxy) is 1. The van der Waals surface area contributed by atoms with Gasteiger partial charge in [0.25, 0.3) is 5.91 Å². The Morgan fingerprint density at radius 1 is 1.19 bits per heavy atom. The van der Waals surface area contributed by atoms with Crippen molar-refractivity contribution in [3.63, 3.8) is 0 Å². The van der Waals surface area contributed by atoms with Crippen LogP contribution >= 0.6 is 0 Å². The minimum atomic E-state index is -4.59. The summed E-state index contributed by atoms with van der Waals surface area (Å²) in [4.78, 5) is 27.5. The maximum absolute atomic E-state index is 15.3. The average Bonchev–Trinajstić information content (AvgIpc) is 3.08. The van der Waals surface area contributed by atoms with E-state index in [0.717, 1.165) is 35.7 Å². The van der Waals surface area contributed by atoms with Gasteiger partial charge in [0.05, 0.1) is 23.4 Å². The Morgan fingerprint density at radius 3 is 2.47 bits per heavy atom. The number of amides is 3. The number of carbonyl (C=O) groups excluding carboxylic acids is 2. The zero-order valence-corrected chi connectivity index (χ0v) is 20.7. The van der Waals surface area contributed by atoms with Crippen molar-refractivity contribution in [2.45, 2.75) is 71.9 Å². The molecule has 2 aromatic carbocycles. The number of hydrogen-bond donors (Lipinski definition) is 2. The van der Waals surface area contributed by atoms with Crippen LogP contribution in [0.4, 0.5) is 33.7 Å². The van der Waals surface area contributed by atoms with E-state index in [1.165, 1.54) is 17.0 Å². The lowest BCUT2D eigenvalue weighted by atomic mass is 10.1. The van der Waals surface area contributed by atoms with Gasteiger partial charge in [-0.25, -0.2) is 19.6 Å². The van der Waals surface area contributed by atoms with Crippen LogP contribution in [0.15, 0.2) is 36.4 Å². The van der Waals surface area contributed by atoms with Crippen LogP contribution < -0.4 is 20.5 Å². The van der Waals surface area contributed by atoms with Gasteiger partial charge in [0.1, 0.15) is 17.3 Å². The van der Waals surface area contributed by atoms with Gasteiger partial charge in [-0.3, -0.25) is 4.79 Å². The summed E-state index contributed by atoms with van der Waals surface area (Å²) < 4.78 is 60.4. The van der Waals surface area contributed by atoms with E-state index >= 15 is 4.39 Å². The number of benzene rings is 2. The average molecular weight is 511 g/mol. The first-order valence-corrected chi connectivity index (χ1v) is 11.7. The van der Waals surface area contributed by atoms with Crippen LogP contribution in [0.2, 0.25) is 0 Å². The largest absolute Gasteiger partial charge is 0.490 e. The van der Waals surface area contributed by atoms with E-state index in [0.29, 0.717) is 6.42 Å². The van der Waals surface area contributed by atoms with Crippen molar-refractivity contribution < 1.29 is 31.9 Å². The van der Waals surface area contributed by atoms with Gasteiger partial charge in [-0.15, -0.1) is 0 Å². The molecule has 0 radical (unpaired) electrons. The first kappa shape index (κ1) is 27.3. The number of alkyl halides is 3. The number of hydrazine groups is 1. The van der Waals surface area contributed by atoms with Crippen LogP contribution in [-0.2, 0) is 6.18 Å². The van der Waals surface area contributed by atoms with Crippen LogP contribution in [0.25, 0.3) is 0 Å². The maximum atomic E-state index is 15.3. The minimum absolute atomic E-state index is 0.00192. The van der Waals surface area contributed by atoms with Crippen LogP contribution in [0.1, 0.15) is 63.4 Å². The summed E-state index contributed by atoms with van der Waals surface area (Å²) >= 11 is 0. The van der Waals surface area contributed by atoms with Crippen LogP contribution in [-0.4, -0.2) is 35.1 Å². The lowest BCUT2D eigenvalue weighted by Crippen LogP contribution is -2.39. The Balaban J connectivity index is 1.99. The monoisotopic (exact) mass is 510 g/mol. The van der Waals surface area contributed by atoms with Gasteiger partial charge in [0, 0.05) is 17.8 Å². The Hall–Kier alpha value is -3.34. The molecule has 0 spiro atoms. The fraction of sp³-hybridized carbons (Fsp3) is 0.440. The molecule has 11 heteroatoms. The van der Waals surface area contributed by atoms with E-state index < -0.39 is 35.7 Å². The molecule has 0 bridgehead atoms. The van der Waals surface area contributed by atoms with E-state index in [4.69, 9.17) is 4.74 Å². The van der Waals surface area contributed by atoms with Crippen LogP contribution in [0.5, 0.6) is 5.75 Å². The molecule has 3 rings (SSSR count). The lowest BCUT2D eigenvalue weighted by Gasteiger charge is -2.23. The van der Waals surface area contributed by atoms with Gasteiger partial charge in [-0.1, -0.05) is 19.4 Å². The Labute approximate surface area is 207 Å². The second-order valence-electron chi connectivity index (χ2n) is 8.97. The fourth-order valence-corrected chi connectivity index (χ4v) is 4.07. The zero-order chi connectivity index (χ0) is 26.8. The molecule has 7 nitrogen and oxygen atoms in total. The molecule has 1 saturated heterocycles. The molecule has 2 N–H and O–H groups in total. The highest BCUT2D eigenvalue weighted by Crippen LogP contribution is 2.34. The summed E-state index contributed by atoms with van der Waals surface area (Å²) in [6, 6.07) is 5.69. The van der Waals surface area contributed by atoms with Crippen molar-refractivity contribution in [1.82, 2.24) is 10.3 Å². The third-order valence-electron chi connectivity index (χ3n) is 5.71. The number of urea groups is 1. The number of rotatable bonds is 8. The maximum Gasteiger partial charge on any atom is 0.416 e. The van der Waals surface area contributed by atoms with Gasteiger partial charge in [0.15, 0.2) is 0 Å². The molecule has 36 heavy (non-hydrogen) atoms. The van der Waals surface area contributed by atoms with E-state index in [2.05, 4.69) is 10.7 Å². The molecule has 0 aromatic heterocycles. The minimum Gasteiger partial charge on any atom is -0.490 e. The Morgan fingerprint density at radius 2 is 1.89 bits per heavy atom. The van der Waals surface area contributed by atoms with Gasteiger partial charge < -0.3 is 15.0 Å². The summed E-state index contributed by atoms with van der Waals surface area (Å²) in [7, 11) is 0. The molecule has 1 fully saturated rings. The Bertz CT molecular complexity index is 1120. The summed E-state index contributed by atoms with van der Waals surface area (Å²) in [6.45, 7) is 9.15. The standard InChI is InChI=1S/C25H30F4N4O3/c1-6-8-15(4)36-22-13-21(33-24(35)32(14(2)3)16(5)31-33)20(26)12-19(22)23(34)30-18-10-7-9-17(11-18)25(27,28)29/h7,9-16,31H,6,8H2,1-5H3,(H,30,34)/t15-,16?/m0/s1. The predicted molar refractivity (Wildman–Crippen MR) is 128 cm³/mol. The molecule has 1 heterocycles. The van der Waals surface area contributed by atoms with Crippen LogP contribution in [0.3, 0.4) is 0 Å². The highest BCUT2D eigenvalue weighted by atomic mass is 19.4. The van der Waals surface area contributed by atoms with Crippen molar-refractivity contribution in [2.75, 3.05) is 10.3 Å². The quantitative estimate of drug-likeness (QED) is 0.417. The van der Waals surface area contributed by atoms with Crippen molar-refractivity contribution in [1.29, 1.82) is 0 Å². The van der Waals surface area contributed by atoms with Crippen LogP contribution in [0, 0.1) is 5.82 Å². The summed E-state index contributed by atoms with van der Waals surface area (Å²) in [5, 5.41) is 3.44. The first-order valence-electron chi connectivity index (χ1n) is 11.7. The molecule has 196 valence electrons. The van der Waals surface area contributed by atoms with Gasteiger partial charge in [0.2, 0.25) is 0 Å². The highest BCUT2D eigenvalue weighted by molar-refractivity contribution is 6.07. The lowest BCUT2D eigenvalue weighted by molar-refractivity contribution is -0.137. The Kier molecular flexibility index (Phi) is 8.12. The molecular weight excluding hydrogens is 480 g/mol. The molecule has 0 aliphatic carbocycles. The molecule has 2 aromatic rings. The predicted octanol–water partition coefficient (Wildman–Crippen LogP) is 6.17. The van der Waals surface area contributed by atoms with Crippen molar-refractivity contribution in [3.8, 4) is 5.75 Å². The number of carbonyl (C=O) groups is 2. The van der Waals surface area contributed by atoms with Gasteiger partial charge in [-0.2, -0.15) is 13.2 Å². The first-order chi connectivity index (χ1) is 16.8. The number of anilines is 2. The molecule has 1 aliphatic rings. The third-order valence-corrected chi connectivity index (χ3v) is 5.71. The third kappa shape index (κ3) is 5.89. The van der Waals surface area contributed by atoms with Crippen molar-refractivity contribution in [2.24, 2.45) is 0 Å². The molecule has 3 amide bonds. The highest BCUT2D eigenvalue weighted by Gasteiger charge is 2.38.